The number of benzene rings is 2. The van der Waals surface area contributed by atoms with Crippen LogP contribution in [0.2, 0.25) is 5.02 Å². The number of hydrogen-bond donors (Lipinski definition) is 2. The highest BCUT2D eigenvalue weighted by Gasteiger charge is 2.16. The van der Waals surface area contributed by atoms with Crippen molar-refractivity contribution in [3.8, 4) is 17.7 Å². The summed E-state index contributed by atoms with van der Waals surface area (Å²) < 4.78 is 7.36. The number of aromatic nitrogens is 4. The number of pyridine rings is 1. The van der Waals surface area contributed by atoms with Crippen LogP contribution in [-0.2, 0) is 17.9 Å². The van der Waals surface area contributed by atoms with Gasteiger partial charge >= 0.3 is 17.3 Å². The van der Waals surface area contributed by atoms with E-state index in [1.165, 1.54) is 0 Å². The molecule has 0 aliphatic carbocycles. The molecule has 0 radical (unpaired) electrons. The van der Waals surface area contributed by atoms with Crippen LogP contribution in [0.3, 0.4) is 0 Å². The predicted octanol–water partition coefficient (Wildman–Crippen LogP) is 2.99. The summed E-state index contributed by atoms with van der Waals surface area (Å²) in [4.78, 5) is 44.5. The maximum Gasteiger partial charge on any atom is 0.355 e. The molecule has 11 nitrogen and oxygen atoms in total. The van der Waals surface area contributed by atoms with Crippen LogP contribution in [0.25, 0.3) is 0 Å². The molecular formula is C24H17ClN6O5. The van der Waals surface area contributed by atoms with Gasteiger partial charge in [0.05, 0.1) is 6.54 Å². The first-order valence-corrected chi connectivity index (χ1v) is 10.8. The van der Waals surface area contributed by atoms with Gasteiger partial charge in [0.1, 0.15) is 24.1 Å². The molecule has 0 saturated heterocycles. The summed E-state index contributed by atoms with van der Waals surface area (Å²) in [6, 6.07) is 20.0. The van der Waals surface area contributed by atoms with Crippen molar-refractivity contribution in [1.82, 2.24) is 19.1 Å². The van der Waals surface area contributed by atoms with E-state index in [0.29, 0.717) is 26.6 Å². The van der Waals surface area contributed by atoms with E-state index >= 15 is 0 Å². The molecule has 0 unspecified atom stereocenters. The molecule has 180 valence electrons. The maximum absolute atomic E-state index is 13.0. The fraction of sp³-hybridized carbons (Fsp3) is 0.0833. The molecule has 0 fully saturated rings. The Morgan fingerprint density at radius 3 is 2.42 bits per heavy atom. The van der Waals surface area contributed by atoms with Gasteiger partial charge < -0.3 is 15.2 Å². The van der Waals surface area contributed by atoms with Crippen molar-refractivity contribution in [3.63, 3.8) is 0 Å². The van der Waals surface area contributed by atoms with Crippen molar-refractivity contribution in [2.75, 3.05) is 5.32 Å². The molecule has 0 aliphatic rings. The van der Waals surface area contributed by atoms with Crippen LogP contribution < -0.4 is 21.4 Å². The van der Waals surface area contributed by atoms with Crippen molar-refractivity contribution >= 4 is 29.2 Å². The molecule has 36 heavy (non-hydrogen) atoms. The molecule has 0 atom stereocenters. The maximum atomic E-state index is 13.0. The van der Waals surface area contributed by atoms with Gasteiger partial charge in [0.25, 0.3) is 0 Å². The van der Waals surface area contributed by atoms with Crippen molar-refractivity contribution in [2.45, 2.75) is 13.1 Å². The van der Waals surface area contributed by atoms with E-state index in [1.807, 2.05) is 6.07 Å². The van der Waals surface area contributed by atoms with Crippen molar-refractivity contribution in [2.24, 2.45) is 0 Å². The Morgan fingerprint density at radius 1 is 1.03 bits per heavy atom. The number of halogens is 1. The Balaban J connectivity index is 1.64. The minimum absolute atomic E-state index is 0.00727. The minimum atomic E-state index is -1.35. The zero-order valence-corrected chi connectivity index (χ0v) is 19.2. The molecule has 0 aliphatic heterocycles. The molecule has 2 heterocycles. The summed E-state index contributed by atoms with van der Waals surface area (Å²) in [7, 11) is 0. The van der Waals surface area contributed by atoms with E-state index < -0.39 is 23.9 Å². The van der Waals surface area contributed by atoms with Crippen LogP contribution >= 0.6 is 11.6 Å². The van der Waals surface area contributed by atoms with Gasteiger partial charge in [-0.25, -0.2) is 19.1 Å². The molecule has 2 aromatic carbocycles. The summed E-state index contributed by atoms with van der Waals surface area (Å²) >= 11 is 5.93. The van der Waals surface area contributed by atoms with Gasteiger partial charge in [0.2, 0.25) is 11.8 Å². The second-order valence-electron chi connectivity index (χ2n) is 7.42. The fourth-order valence-corrected chi connectivity index (χ4v) is 3.33. The number of nitriles is 1. The standard InChI is InChI=1S/C24H17ClN6O5/c25-16-6-4-15(5-7-16)13-30-22(29-23(34)31(24(30)35)14-21(32)33)28-17-8-10-19(11-9-17)36-20-3-1-2-18(12-26)27-20/h1-11H,13-14H2,(H,32,33)(H,28,29,34). The largest absolute Gasteiger partial charge is 0.480 e. The lowest BCUT2D eigenvalue weighted by Gasteiger charge is -2.15. The highest BCUT2D eigenvalue weighted by molar-refractivity contribution is 6.30. The number of carboxylic acids is 1. The molecule has 4 aromatic rings. The zero-order chi connectivity index (χ0) is 25.7. The van der Waals surface area contributed by atoms with Gasteiger partial charge in [-0.05, 0) is 48.0 Å². The molecule has 12 heteroatoms. The highest BCUT2D eigenvalue weighted by Crippen LogP contribution is 2.23. The Bertz CT molecular complexity index is 1570. The topological polar surface area (TPSA) is 152 Å². The number of nitrogens with zero attached hydrogens (tertiary/aromatic N) is 5. The average Bonchev–Trinajstić information content (AvgIpc) is 2.86. The summed E-state index contributed by atoms with van der Waals surface area (Å²) in [6.07, 6.45) is 0. The molecule has 4 rings (SSSR count). The molecule has 0 spiro atoms. The number of anilines is 2. The molecule has 0 amide bonds. The Morgan fingerprint density at radius 2 is 1.75 bits per heavy atom. The monoisotopic (exact) mass is 504 g/mol. The first-order chi connectivity index (χ1) is 17.3. The second kappa shape index (κ2) is 10.5. The fourth-order valence-electron chi connectivity index (χ4n) is 3.20. The van der Waals surface area contributed by atoms with Gasteiger partial charge in [-0.2, -0.15) is 10.2 Å². The number of carboxylic acid groups (broad SMARTS) is 1. The van der Waals surface area contributed by atoms with E-state index in [4.69, 9.17) is 26.7 Å². The average molecular weight is 505 g/mol. The van der Waals surface area contributed by atoms with Crippen molar-refractivity contribution in [3.05, 3.63) is 104 Å². The summed E-state index contributed by atoms with van der Waals surface area (Å²) in [5.41, 5.74) is -0.456. The minimum Gasteiger partial charge on any atom is -0.480 e. The van der Waals surface area contributed by atoms with Crippen LogP contribution in [0.4, 0.5) is 11.6 Å². The number of carbonyl (C=O) groups is 1. The van der Waals surface area contributed by atoms with E-state index in [9.17, 15) is 14.4 Å². The molecular weight excluding hydrogens is 488 g/mol. The Hall–Kier alpha value is -4.95. The van der Waals surface area contributed by atoms with Crippen LogP contribution in [0.15, 0.2) is 76.3 Å². The van der Waals surface area contributed by atoms with E-state index in [2.05, 4.69) is 15.3 Å². The number of nitrogens with one attached hydrogen (secondary N) is 1. The summed E-state index contributed by atoms with van der Waals surface area (Å²) in [5, 5.41) is 21.5. The second-order valence-corrected chi connectivity index (χ2v) is 7.85. The smallest absolute Gasteiger partial charge is 0.355 e. The summed E-state index contributed by atoms with van der Waals surface area (Å²) in [5.74, 6) is -0.736. The summed E-state index contributed by atoms with van der Waals surface area (Å²) in [6.45, 7) is -0.814. The van der Waals surface area contributed by atoms with Gasteiger partial charge in [-0.3, -0.25) is 9.36 Å². The van der Waals surface area contributed by atoms with Crippen LogP contribution in [0.5, 0.6) is 11.6 Å². The third-order valence-corrected chi connectivity index (χ3v) is 5.12. The number of aliphatic carboxylic acids is 1. The van der Waals surface area contributed by atoms with Crippen LogP contribution in [-0.4, -0.2) is 30.2 Å². The quantitative estimate of drug-likeness (QED) is 0.368. The van der Waals surface area contributed by atoms with Crippen molar-refractivity contribution in [1.29, 1.82) is 5.26 Å². The van der Waals surface area contributed by atoms with Gasteiger partial charge in [-0.1, -0.05) is 29.8 Å². The Kier molecular flexibility index (Phi) is 7.08. The molecule has 2 aromatic heterocycles. The lowest BCUT2D eigenvalue weighted by atomic mass is 10.2. The van der Waals surface area contributed by atoms with Gasteiger partial charge in [0.15, 0.2) is 0 Å². The first kappa shape index (κ1) is 24.2. The SMILES string of the molecule is N#Cc1cccc(Oc2ccc(Nc3nc(=O)n(CC(=O)O)c(=O)n3Cc3ccc(Cl)cc3)cc2)n1. The first-order valence-electron chi connectivity index (χ1n) is 10.4. The molecule has 2 N–H and O–H groups in total. The van der Waals surface area contributed by atoms with E-state index in [0.717, 1.165) is 4.57 Å². The van der Waals surface area contributed by atoms with Gasteiger partial charge in [-0.15, -0.1) is 0 Å². The van der Waals surface area contributed by atoms with E-state index in [1.54, 1.807) is 66.7 Å². The normalized spacial score (nSPS) is 10.4. The number of rotatable bonds is 8. The van der Waals surface area contributed by atoms with Crippen LogP contribution in [0, 0.1) is 11.3 Å². The molecule has 0 saturated carbocycles. The third kappa shape index (κ3) is 5.75. The zero-order valence-electron chi connectivity index (χ0n) is 18.5. The van der Waals surface area contributed by atoms with Gasteiger partial charge in [0, 0.05) is 16.8 Å². The predicted molar refractivity (Wildman–Crippen MR) is 130 cm³/mol. The Labute approximate surface area is 208 Å². The highest BCUT2D eigenvalue weighted by atomic mass is 35.5. The van der Waals surface area contributed by atoms with Crippen molar-refractivity contribution < 1.29 is 14.6 Å². The lowest BCUT2D eigenvalue weighted by molar-refractivity contribution is -0.137. The van der Waals surface area contributed by atoms with E-state index in [-0.39, 0.29) is 24.1 Å². The number of hydrogen-bond acceptors (Lipinski definition) is 8. The third-order valence-electron chi connectivity index (χ3n) is 4.87. The number of ether oxygens (including phenoxy) is 1. The lowest BCUT2D eigenvalue weighted by Crippen LogP contribution is -2.44. The van der Waals surface area contributed by atoms with Crippen LogP contribution in [0.1, 0.15) is 11.3 Å². The molecule has 0 bridgehead atoms.